The van der Waals surface area contributed by atoms with Crippen LogP contribution in [-0.2, 0) is 71.0 Å². The van der Waals surface area contributed by atoms with Crippen LogP contribution < -0.4 is 0 Å². The van der Waals surface area contributed by atoms with Crippen molar-refractivity contribution in [3.63, 3.8) is 0 Å². The molecule has 0 heterocycles. The number of rotatable bonds is 0. The molecule has 12 bridgehead atoms. The van der Waals surface area contributed by atoms with Crippen molar-refractivity contribution < 1.29 is 5.11 Å². The summed E-state index contributed by atoms with van der Waals surface area (Å²) in [5.74, 6) is 0.427. The lowest BCUT2D eigenvalue weighted by molar-refractivity contribution is 0.461. The summed E-state index contributed by atoms with van der Waals surface area (Å²) in [5.41, 5.74) is 23.3. The van der Waals surface area contributed by atoms with Crippen molar-refractivity contribution in [1.82, 2.24) is 0 Å². The van der Waals surface area contributed by atoms with E-state index in [9.17, 15) is 5.11 Å². The van der Waals surface area contributed by atoms with Gasteiger partial charge in [-0.3, -0.25) is 0 Å². The first-order chi connectivity index (χ1) is 30.8. The van der Waals surface area contributed by atoms with E-state index in [1.807, 2.05) is 0 Å². The average Bonchev–Trinajstić information content (AvgIpc) is 3.16. The first-order valence-electron chi connectivity index (χ1n) is 25.3. The molecule has 1 N–H and O–H groups in total. The fourth-order valence-electron chi connectivity index (χ4n) is 9.84. The molecule has 0 radical (unpaired) electrons. The maximum Gasteiger partial charge on any atom is 0.122 e. The van der Waals surface area contributed by atoms with Crippen LogP contribution in [0.1, 0.15) is 225 Å². The van der Waals surface area contributed by atoms with Gasteiger partial charge in [-0.05, 0) is 158 Å². The van der Waals surface area contributed by atoms with Crippen LogP contribution in [0.3, 0.4) is 0 Å². The highest BCUT2D eigenvalue weighted by molar-refractivity contribution is 5.52. The second-order valence-electron chi connectivity index (χ2n) is 26.9. The number of fused-ring (bicyclic) bond motifs is 12. The van der Waals surface area contributed by atoms with Crippen LogP contribution in [-0.4, -0.2) is 5.11 Å². The molecule has 7 rings (SSSR count). The summed E-state index contributed by atoms with van der Waals surface area (Å²) >= 11 is 0. The van der Waals surface area contributed by atoms with Gasteiger partial charge in [0, 0.05) is 12.8 Å². The monoisotopic (exact) mass is 893 g/mol. The van der Waals surface area contributed by atoms with Gasteiger partial charge in [0.05, 0.1) is 0 Å². The number of hydrogen-bond acceptors (Lipinski definition) is 1. The fourth-order valence-corrected chi connectivity index (χ4v) is 9.84. The lowest BCUT2D eigenvalue weighted by atomic mass is 9.80. The van der Waals surface area contributed by atoms with Gasteiger partial charge in [-0.15, -0.1) is 0 Å². The molecule has 0 saturated carbocycles. The Hall–Kier alpha value is -4.88. The van der Waals surface area contributed by atoms with Crippen molar-refractivity contribution in [2.24, 2.45) is 0 Å². The number of phenols is 1. The maximum absolute atomic E-state index is 12.4. The molecule has 0 unspecified atom stereocenters. The Morgan fingerprint density at radius 3 is 0.537 bits per heavy atom. The Kier molecular flexibility index (Phi) is 13.4. The minimum Gasteiger partial charge on any atom is -0.507 e. The van der Waals surface area contributed by atoms with E-state index in [2.05, 4.69) is 228 Å². The van der Waals surface area contributed by atoms with E-state index in [4.69, 9.17) is 0 Å². The first kappa shape index (κ1) is 50.0. The van der Waals surface area contributed by atoms with Crippen molar-refractivity contribution >= 4 is 0 Å². The zero-order chi connectivity index (χ0) is 49.2. The summed E-state index contributed by atoms with van der Waals surface area (Å²) in [6.45, 7) is 42.0. The third-order valence-corrected chi connectivity index (χ3v) is 14.1. The lowest BCUT2D eigenvalue weighted by Crippen LogP contribution is -2.15. The quantitative estimate of drug-likeness (QED) is 0.161. The molecule has 1 nitrogen and oxygen atoms in total. The van der Waals surface area contributed by atoms with E-state index in [1.54, 1.807) is 0 Å². The van der Waals surface area contributed by atoms with Crippen molar-refractivity contribution in [3.05, 3.63) is 203 Å². The van der Waals surface area contributed by atoms with Gasteiger partial charge in [0.15, 0.2) is 0 Å². The summed E-state index contributed by atoms with van der Waals surface area (Å²) in [4.78, 5) is 0. The summed E-state index contributed by atoms with van der Waals surface area (Å²) in [6, 6.07) is 41.3. The Morgan fingerprint density at radius 1 is 0.224 bits per heavy atom. The molecule has 0 fully saturated rings. The van der Waals surface area contributed by atoms with Crippen molar-refractivity contribution in [2.45, 2.75) is 196 Å². The molecule has 0 atom stereocenters. The number of aromatic hydroxyl groups is 1. The Bertz CT molecular complexity index is 2610. The molecule has 6 aromatic rings. The maximum atomic E-state index is 12.4. The minimum absolute atomic E-state index is 0.00193. The highest BCUT2D eigenvalue weighted by Gasteiger charge is 2.25. The van der Waals surface area contributed by atoms with Crippen LogP contribution in [0.5, 0.6) is 5.75 Å². The van der Waals surface area contributed by atoms with E-state index in [0.717, 1.165) is 36.8 Å². The second-order valence-corrected chi connectivity index (χ2v) is 26.9. The molecular formula is C66H84O. The van der Waals surface area contributed by atoms with E-state index < -0.39 is 0 Å². The molecular weight excluding hydrogens is 809 g/mol. The summed E-state index contributed by atoms with van der Waals surface area (Å²) in [7, 11) is 0. The zero-order valence-electron chi connectivity index (χ0n) is 45.0. The molecule has 6 aromatic carbocycles. The van der Waals surface area contributed by atoms with Gasteiger partial charge in [0.2, 0.25) is 0 Å². The molecule has 0 spiro atoms. The minimum atomic E-state index is -0.0865. The predicted octanol–water partition coefficient (Wildman–Crippen LogP) is 17.0. The molecule has 0 aromatic heterocycles. The topological polar surface area (TPSA) is 20.2 Å². The number of hydrogen-bond donors (Lipinski definition) is 1. The fraction of sp³-hybridized carbons (Fsp3) is 0.455. The molecule has 0 amide bonds. The third-order valence-electron chi connectivity index (χ3n) is 14.1. The van der Waals surface area contributed by atoms with Gasteiger partial charge in [0.25, 0.3) is 0 Å². The highest BCUT2D eigenvalue weighted by Crippen LogP contribution is 2.38. The van der Waals surface area contributed by atoms with E-state index in [-0.39, 0.29) is 32.5 Å². The van der Waals surface area contributed by atoms with Crippen LogP contribution in [0, 0.1) is 0 Å². The van der Waals surface area contributed by atoms with Crippen molar-refractivity contribution in [1.29, 1.82) is 0 Å². The van der Waals surface area contributed by atoms with Gasteiger partial charge < -0.3 is 5.11 Å². The predicted molar refractivity (Wildman–Crippen MR) is 289 cm³/mol. The lowest BCUT2D eigenvalue weighted by Gasteiger charge is -2.25. The Labute approximate surface area is 407 Å². The molecule has 354 valence electrons. The second kappa shape index (κ2) is 17.9. The highest BCUT2D eigenvalue weighted by atomic mass is 16.3. The van der Waals surface area contributed by atoms with Crippen LogP contribution in [0.4, 0.5) is 0 Å². The Balaban J connectivity index is 1.49. The third kappa shape index (κ3) is 12.4. The number of phenolic OH excluding ortho intramolecular Hbond substituents is 1. The standard InChI is InChI=1S/C66H84O/c1-61(2,3)54-30-42-19-43(31-54)21-45-23-47(35-56(33-45)63(7,8)9)25-49-27-51(39-58(37-49)65(13,14)15)29-53-41-59(66(16,17)18)40-52(60(53)67)28-50-26-48(36-57(38-50)64(10,11)12)24-46-22-44(20-42)32-55(34-46)62(4,5)6/h19,22-23,26-27,30-41,67H,20-21,24-25,28-29H2,1-18H3. The molecule has 0 aliphatic heterocycles. The molecule has 1 heteroatoms. The molecule has 1 aliphatic carbocycles. The molecule has 1 aliphatic rings. The van der Waals surface area contributed by atoms with Crippen LogP contribution in [0.15, 0.2) is 103 Å². The molecule has 0 saturated heterocycles. The van der Waals surface area contributed by atoms with Crippen LogP contribution in [0.2, 0.25) is 0 Å². The van der Waals surface area contributed by atoms with Gasteiger partial charge in [-0.1, -0.05) is 228 Å². The number of benzene rings is 6. The summed E-state index contributed by atoms with van der Waals surface area (Å²) < 4.78 is 0. The smallest absolute Gasteiger partial charge is 0.122 e. The largest absolute Gasteiger partial charge is 0.507 e. The van der Waals surface area contributed by atoms with E-state index in [0.29, 0.717) is 18.6 Å². The molecule has 67 heavy (non-hydrogen) atoms. The van der Waals surface area contributed by atoms with E-state index in [1.165, 1.54) is 89.0 Å². The zero-order valence-corrected chi connectivity index (χ0v) is 45.0. The van der Waals surface area contributed by atoms with E-state index >= 15 is 0 Å². The van der Waals surface area contributed by atoms with Gasteiger partial charge >= 0.3 is 0 Å². The van der Waals surface area contributed by atoms with Gasteiger partial charge in [-0.25, -0.2) is 0 Å². The van der Waals surface area contributed by atoms with Crippen molar-refractivity contribution in [2.75, 3.05) is 0 Å². The van der Waals surface area contributed by atoms with Crippen molar-refractivity contribution in [3.8, 4) is 5.75 Å². The summed E-state index contributed by atoms with van der Waals surface area (Å²) in [6.07, 6.45) is 4.79. The first-order valence-corrected chi connectivity index (χ1v) is 25.3. The van der Waals surface area contributed by atoms with Crippen LogP contribution in [0.25, 0.3) is 0 Å². The SMILES string of the molecule is CC(C)(C)c1cc2cc(c1)Cc1cc(cc(C(C)(C)C)c1)Cc1cc(cc(C(C)(C)C)c1)Cc1cc(C(C)(C)C)cc(c1O)Cc1cc(cc(C(C)(C)C)c1)Cc1cc(cc(C(C)(C)C)c1)C2. The normalized spacial score (nSPS) is 14.4. The summed E-state index contributed by atoms with van der Waals surface area (Å²) in [5, 5.41) is 12.4. The van der Waals surface area contributed by atoms with Gasteiger partial charge in [0.1, 0.15) is 5.75 Å². The average molecular weight is 893 g/mol. The van der Waals surface area contributed by atoms with Gasteiger partial charge in [-0.2, -0.15) is 0 Å². The Morgan fingerprint density at radius 2 is 0.373 bits per heavy atom. The van der Waals surface area contributed by atoms with Crippen LogP contribution >= 0.6 is 0 Å².